The number of anilines is 3. The molecule has 0 saturated carbocycles. The van der Waals surface area contributed by atoms with E-state index in [1.165, 1.54) is 18.2 Å². The monoisotopic (exact) mass is 326 g/mol. The molecule has 0 bridgehead atoms. The van der Waals surface area contributed by atoms with Gasteiger partial charge in [-0.25, -0.2) is 0 Å². The van der Waals surface area contributed by atoms with Crippen LogP contribution in [0.5, 0.6) is 0 Å². The van der Waals surface area contributed by atoms with Crippen molar-refractivity contribution in [2.24, 2.45) is 0 Å². The standard InChI is InChI=1S/C17H18N4O3/c1-19-10-5-11-20(14-8-3-2-7-13(14)19)17(22)12-6-4-9-15(16(12)18)21(23)24/h2-4,6-9H,5,10-11,18H2,1H3. The molecule has 0 radical (unpaired) electrons. The predicted octanol–water partition coefficient (Wildman–Crippen LogP) is 2.66. The highest BCUT2D eigenvalue weighted by molar-refractivity contribution is 6.11. The number of amides is 1. The lowest BCUT2D eigenvalue weighted by atomic mass is 10.1. The molecular weight excluding hydrogens is 308 g/mol. The van der Waals surface area contributed by atoms with Crippen molar-refractivity contribution in [2.45, 2.75) is 6.42 Å². The van der Waals surface area contributed by atoms with Crippen molar-refractivity contribution in [2.75, 3.05) is 35.7 Å². The van der Waals surface area contributed by atoms with Crippen molar-refractivity contribution in [3.8, 4) is 0 Å². The summed E-state index contributed by atoms with van der Waals surface area (Å²) in [4.78, 5) is 27.3. The van der Waals surface area contributed by atoms with E-state index >= 15 is 0 Å². The van der Waals surface area contributed by atoms with Gasteiger partial charge in [-0.2, -0.15) is 0 Å². The summed E-state index contributed by atoms with van der Waals surface area (Å²) in [5, 5.41) is 11.1. The highest BCUT2D eigenvalue weighted by atomic mass is 16.6. The maximum Gasteiger partial charge on any atom is 0.292 e. The fraction of sp³-hybridized carbons (Fsp3) is 0.235. The van der Waals surface area contributed by atoms with Crippen LogP contribution in [0.3, 0.4) is 0 Å². The third-order valence-corrected chi connectivity index (χ3v) is 4.21. The Labute approximate surface area is 139 Å². The Morgan fingerprint density at radius 2 is 1.83 bits per heavy atom. The van der Waals surface area contributed by atoms with Gasteiger partial charge in [0.2, 0.25) is 0 Å². The third-order valence-electron chi connectivity index (χ3n) is 4.21. The first-order chi connectivity index (χ1) is 11.5. The van der Waals surface area contributed by atoms with Crippen molar-refractivity contribution in [1.29, 1.82) is 0 Å². The number of benzene rings is 2. The van der Waals surface area contributed by atoms with Crippen molar-refractivity contribution in [1.82, 2.24) is 0 Å². The lowest BCUT2D eigenvalue weighted by molar-refractivity contribution is -0.383. The van der Waals surface area contributed by atoms with Crippen LogP contribution in [0.25, 0.3) is 0 Å². The summed E-state index contributed by atoms with van der Waals surface area (Å²) in [7, 11) is 1.98. The molecule has 24 heavy (non-hydrogen) atoms. The molecule has 1 aliphatic heterocycles. The van der Waals surface area contributed by atoms with Crippen LogP contribution in [0.15, 0.2) is 42.5 Å². The van der Waals surface area contributed by atoms with Gasteiger partial charge in [-0.1, -0.05) is 18.2 Å². The second-order valence-corrected chi connectivity index (χ2v) is 5.72. The first kappa shape index (κ1) is 15.8. The maximum absolute atomic E-state index is 13.0. The third kappa shape index (κ3) is 2.64. The van der Waals surface area contributed by atoms with Crippen LogP contribution < -0.4 is 15.5 Å². The molecule has 7 heteroatoms. The smallest absolute Gasteiger partial charge is 0.292 e. The minimum absolute atomic E-state index is 0.0948. The molecule has 0 aromatic heterocycles. The number of nitro benzene ring substituents is 1. The number of fused-ring (bicyclic) bond motifs is 1. The van der Waals surface area contributed by atoms with E-state index in [1.54, 1.807) is 4.90 Å². The van der Waals surface area contributed by atoms with Crippen LogP contribution in [0.4, 0.5) is 22.7 Å². The Bertz CT molecular complexity index is 806. The average Bonchev–Trinajstić information content (AvgIpc) is 2.74. The normalized spacial score (nSPS) is 14.0. The Hall–Kier alpha value is -3.09. The summed E-state index contributed by atoms with van der Waals surface area (Å²) in [6, 6.07) is 11.9. The number of hydrogen-bond acceptors (Lipinski definition) is 5. The van der Waals surface area contributed by atoms with Gasteiger partial charge in [-0.05, 0) is 24.6 Å². The van der Waals surface area contributed by atoms with Gasteiger partial charge in [0.05, 0.1) is 21.9 Å². The molecule has 0 saturated heterocycles. The van der Waals surface area contributed by atoms with Gasteiger partial charge in [-0.3, -0.25) is 14.9 Å². The van der Waals surface area contributed by atoms with Crippen molar-refractivity contribution in [3.05, 3.63) is 58.1 Å². The Morgan fingerprint density at radius 1 is 1.12 bits per heavy atom. The van der Waals surface area contributed by atoms with Gasteiger partial charge >= 0.3 is 0 Å². The molecule has 0 unspecified atom stereocenters. The molecule has 0 aliphatic carbocycles. The number of nitrogen functional groups attached to an aromatic ring is 1. The summed E-state index contributed by atoms with van der Waals surface area (Å²) in [6.07, 6.45) is 0.797. The van der Waals surface area contributed by atoms with E-state index in [2.05, 4.69) is 4.90 Å². The molecule has 0 fully saturated rings. The zero-order chi connectivity index (χ0) is 17.3. The quantitative estimate of drug-likeness (QED) is 0.520. The number of carbonyl (C=O) groups excluding carboxylic acids is 1. The number of para-hydroxylation sites is 3. The summed E-state index contributed by atoms with van der Waals surface area (Å²) in [5.74, 6) is -0.320. The predicted molar refractivity (Wildman–Crippen MR) is 93.5 cm³/mol. The maximum atomic E-state index is 13.0. The second kappa shape index (κ2) is 6.19. The highest BCUT2D eigenvalue weighted by Gasteiger charge is 2.27. The first-order valence-electron chi connectivity index (χ1n) is 7.65. The molecule has 1 amide bonds. The van der Waals surface area contributed by atoms with Crippen molar-refractivity contribution in [3.63, 3.8) is 0 Å². The van der Waals surface area contributed by atoms with E-state index in [4.69, 9.17) is 5.73 Å². The lowest BCUT2D eigenvalue weighted by Gasteiger charge is -2.24. The zero-order valence-corrected chi connectivity index (χ0v) is 13.3. The molecule has 0 spiro atoms. The summed E-state index contributed by atoms with van der Waals surface area (Å²) < 4.78 is 0. The van der Waals surface area contributed by atoms with E-state index in [9.17, 15) is 14.9 Å². The van der Waals surface area contributed by atoms with E-state index in [1.807, 2.05) is 31.3 Å². The molecule has 3 rings (SSSR count). The van der Waals surface area contributed by atoms with Crippen LogP contribution in [0, 0.1) is 10.1 Å². The minimum Gasteiger partial charge on any atom is -0.393 e. The van der Waals surface area contributed by atoms with E-state index in [0.29, 0.717) is 6.54 Å². The van der Waals surface area contributed by atoms with Gasteiger partial charge in [-0.15, -0.1) is 0 Å². The summed E-state index contributed by atoms with van der Waals surface area (Å²) in [6.45, 7) is 1.35. The second-order valence-electron chi connectivity index (χ2n) is 5.72. The molecule has 2 aromatic rings. The summed E-state index contributed by atoms with van der Waals surface area (Å²) >= 11 is 0. The van der Waals surface area contributed by atoms with Crippen LogP contribution in [-0.2, 0) is 0 Å². The lowest BCUT2D eigenvalue weighted by Crippen LogP contribution is -2.32. The Morgan fingerprint density at radius 3 is 2.54 bits per heavy atom. The van der Waals surface area contributed by atoms with E-state index in [0.717, 1.165) is 24.3 Å². The van der Waals surface area contributed by atoms with E-state index < -0.39 is 4.92 Å². The van der Waals surface area contributed by atoms with Crippen molar-refractivity contribution >= 4 is 28.7 Å². The molecule has 0 atom stereocenters. The van der Waals surface area contributed by atoms with Crippen LogP contribution >= 0.6 is 0 Å². The van der Waals surface area contributed by atoms with Crippen LogP contribution in [0.2, 0.25) is 0 Å². The molecule has 1 heterocycles. The first-order valence-corrected chi connectivity index (χ1v) is 7.65. The number of carbonyl (C=O) groups is 1. The van der Waals surface area contributed by atoms with Gasteiger partial charge in [0.15, 0.2) is 0 Å². The van der Waals surface area contributed by atoms with Gasteiger partial charge < -0.3 is 15.5 Å². The van der Waals surface area contributed by atoms with Crippen molar-refractivity contribution < 1.29 is 9.72 Å². The number of nitro groups is 1. The van der Waals surface area contributed by atoms with Gasteiger partial charge in [0.1, 0.15) is 5.69 Å². The van der Waals surface area contributed by atoms with E-state index in [-0.39, 0.29) is 22.8 Å². The molecule has 2 aromatic carbocycles. The topological polar surface area (TPSA) is 92.7 Å². The zero-order valence-electron chi connectivity index (χ0n) is 13.3. The molecular formula is C17H18N4O3. The van der Waals surface area contributed by atoms with Crippen LogP contribution in [-0.4, -0.2) is 31.0 Å². The number of nitrogens with zero attached hydrogens (tertiary/aromatic N) is 3. The number of nitrogens with two attached hydrogens (primary N) is 1. The molecule has 2 N–H and O–H groups in total. The Balaban J connectivity index is 2.06. The minimum atomic E-state index is -0.573. The van der Waals surface area contributed by atoms with Gasteiger partial charge in [0, 0.05) is 26.2 Å². The molecule has 124 valence electrons. The fourth-order valence-corrected chi connectivity index (χ4v) is 2.98. The number of rotatable bonds is 2. The Kier molecular flexibility index (Phi) is 4.07. The van der Waals surface area contributed by atoms with Gasteiger partial charge in [0.25, 0.3) is 11.6 Å². The number of hydrogen-bond donors (Lipinski definition) is 1. The SMILES string of the molecule is CN1CCCN(C(=O)c2cccc([N+](=O)[O-])c2N)c2ccccc21. The molecule has 7 nitrogen and oxygen atoms in total. The molecule has 1 aliphatic rings. The fourth-order valence-electron chi connectivity index (χ4n) is 2.98. The van der Waals surface area contributed by atoms with Crippen LogP contribution in [0.1, 0.15) is 16.8 Å². The average molecular weight is 326 g/mol. The highest BCUT2D eigenvalue weighted by Crippen LogP contribution is 2.34. The largest absolute Gasteiger partial charge is 0.393 e. The summed E-state index contributed by atoms with van der Waals surface area (Å²) in [5.41, 5.74) is 7.43.